The number of alkyl halides is 3. The lowest BCUT2D eigenvalue weighted by Gasteiger charge is -2.42. The molecule has 0 bridgehead atoms. The van der Waals surface area contributed by atoms with Crippen LogP contribution < -0.4 is 5.32 Å². The Kier molecular flexibility index (Phi) is 5.63. The second-order valence-electron chi connectivity index (χ2n) is 8.00. The number of amides is 2. The van der Waals surface area contributed by atoms with Crippen LogP contribution in [0, 0.1) is 0 Å². The fraction of sp³-hybridized carbons (Fsp3) is 0.579. The number of rotatable bonds is 4. The van der Waals surface area contributed by atoms with Crippen LogP contribution in [0.2, 0.25) is 0 Å². The third kappa shape index (κ3) is 4.22. The first-order chi connectivity index (χ1) is 14.6. The molecule has 2 aliphatic heterocycles. The van der Waals surface area contributed by atoms with Crippen molar-refractivity contribution >= 4 is 27.2 Å². The number of carbonyl (C=O) groups excluding carboxylic acids is 1. The molecule has 2 aromatic rings. The maximum absolute atomic E-state index is 12.9. The molecule has 31 heavy (non-hydrogen) atoms. The van der Waals surface area contributed by atoms with Gasteiger partial charge in [0.25, 0.3) is 0 Å². The number of aromatic nitrogens is 1. The molecular formula is C19H23F3N4O4S. The standard InChI is InChI=1S/C19H23F3N4O4S/c1-12(19(20,21)22)24-18(27)25-9-14(10-25)31(28,29)26-7-4-13(5-8-26)15-11-30-16-3-2-6-23-17(15)16/h2-3,6,11-14H,4-5,7-10H2,1H3,(H,24,27)/t12-/m1/s1. The normalized spacial score (nSPS) is 20.6. The number of nitrogens with one attached hydrogen (secondary N) is 1. The Morgan fingerprint density at radius 3 is 2.61 bits per heavy atom. The smallest absolute Gasteiger partial charge is 0.408 e. The van der Waals surface area contributed by atoms with Gasteiger partial charge in [0, 0.05) is 37.9 Å². The number of carbonyl (C=O) groups is 1. The van der Waals surface area contributed by atoms with Crippen LogP contribution >= 0.6 is 0 Å². The summed E-state index contributed by atoms with van der Waals surface area (Å²) in [6.45, 7) is 1.28. The van der Waals surface area contributed by atoms with Crippen LogP contribution in [0.1, 0.15) is 31.2 Å². The zero-order valence-corrected chi connectivity index (χ0v) is 17.6. The van der Waals surface area contributed by atoms with Crippen LogP contribution in [0.15, 0.2) is 29.0 Å². The van der Waals surface area contributed by atoms with E-state index in [1.165, 1.54) is 4.31 Å². The molecule has 1 atom stereocenters. The van der Waals surface area contributed by atoms with Crippen LogP contribution in [0.5, 0.6) is 0 Å². The van der Waals surface area contributed by atoms with Crippen molar-refractivity contribution in [2.75, 3.05) is 26.2 Å². The minimum absolute atomic E-state index is 0.116. The van der Waals surface area contributed by atoms with Crippen LogP contribution in [0.25, 0.3) is 11.1 Å². The van der Waals surface area contributed by atoms with E-state index in [1.807, 2.05) is 11.4 Å². The minimum Gasteiger partial charge on any atom is -0.462 e. The number of pyridine rings is 1. The van der Waals surface area contributed by atoms with E-state index in [-0.39, 0.29) is 19.0 Å². The molecule has 0 aliphatic carbocycles. The number of hydrogen-bond donors (Lipinski definition) is 1. The number of likely N-dealkylation sites (tertiary alicyclic amines) is 1. The first-order valence-electron chi connectivity index (χ1n) is 10.0. The largest absolute Gasteiger partial charge is 0.462 e. The molecule has 0 saturated carbocycles. The molecule has 0 aromatic carbocycles. The fourth-order valence-corrected chi connectivity index (χ4v) is 5.84. The van der Waals surface area contributed by atoms with Gasteiger partial charge in [-0.05, 0) is 37.8 Å². The van der Waals surface area contributed by atoms with Gasteiger partial charge in [-0.2, -0.15) is 13.2 Å². The molecule has 2 aliphatic rings. The van der Waals surface area contributed by atoms with Crippen molar-refractivity contribution in [2.45, 2.75) is 43.2 Å². The van der Waals surface area contributed by atoms with E-state index in [0.717, 1.165) is 22.9 Å². The lowest BCUT2D eigenvalue weighted by molar-refractivity contribution is -0.149. The summed E-state index contributed by atoms with van der Waals surface area (Å²) >= 11 is 0. The quantitative estimate of drug-likeness (QED) is 0.757. The summed E-state index contributed by atoms with van der Waals surface area (Å²) in [7, 11) is -3.63. The molecule has 2 amide bonds. The zero-order valence-electron chi connectivity index (χ0n) is 16.8. The third-order valence-corrected chi connectivity index (χ3v) is 8.22. The SMILES string of the molecule is C[C@@H](NC(=O)N1CC(S(=O)(=O)N2CCC(c3coc4cccnc34)CC2)C1)C(F)(F)F. The van der Waals surface area contributed by atoms with Crippen molar-refractivity contribution in [3.63, 3.8) is 0 Å². The number of piperidine rings is 1. The van der Waals surface area contributed by atoms with Crippen molar-refractivity contribution in [2.24, 2.45) is 0 Å². The monoisotopic (exact) mass is 460 g/mol. The van der Waals surface area contributed by atoms with Crippen LogP contribution in [-0.4, -0.2) is 72.3 Å². The number of halogens is 3. The first-order valence-corrected chi connectivity index (χ1v) is 11.5. The molecule has 170 valence electrons. The van der Waals surface area contributed by atoms with E-state index >= 15 is 0 Å². The van der Waals surface area contributed by atoms with Crippen molar-refractivity contribution in [1.29, 1.82) is 0 Å². The molecule has 0 spiro atoms. The Morgan fingerprint density at radius 1 is 1.29 bits per heavy atom. The number of sulfonamides is 1. The number of urea groups is 1. The van der Waals surface area contributed by atoms with Gasteiger partial charge in [-0.15, -0.1) is 0 Å². The van der Waals surface area contributed by atoms with E-state index in [0.29, 0.717) is 31.5 Å². The average molecular weight is 460 g/mol. The number of fused-ring (bicyclic) bond motifs is 1. The Labute approximate surface area is 177 Å². The lowest BCUT2D eigenvalue weighted by atomic mass is 9.91. The Hall–Kier alpha value is -2.34. The van der Waals surface area contributed by atoms with E-state index in [1.54, 1.807) is 18.5 Å². The average Bonchev–Trinajstić information content (AvgIpc) is 3.10. The molecule has 2 saturated heterocycles. The Bertz CT molecular complexity index is 1060. The second-order valence-corrected chi connectivity index (χ2v) is 10.2. The first kappa shape index (κ1) is 21.9. The summed E-state index contributed by atoms with van der Waals surface area (Å²) in [6.07, 6.45) is 0.0485. The molecular weight excluding hydrogens is 437 g/mol. The highest BCUT2D eigenvalue weighted by Crippen LogP contribution is 2.35. The summed E-state index contributed by atoms with van der Waals surface area (Å²) in [5.74, 6) is 0.134. The van der Waals surface area contributed by atoms with Gasteiger partial charge >= 0.3 is 12.2 Å². The summed E-state index contributed by atoms with van der Waals surface area (Å²) in [5, 5.41) is 1.05. The van der Waals surface area contributed by atoms with Crippen LogP contribution in [-0.2, 0) is 10.0 Å². The van der Waals surface area contributed by atoms with Crippen molar-refractivity contribution < 1.29 is 30.8 Å². The molecule has 4 rings (SSSR count). The number of furan rings is 1. The van der Waals surface area contributed by atoms with E-state index < -0.39 is 33.5 Å². The van der Waals surface area contributed by atoms with Gasteiger partial charge < -0.3 is 14.6 Å². The number of nitrogens with zero attached hydrogens (tertiary/aromatic N) is 3. The van der Waals surface area contributed by atoms with Gasteiger partial charge in [0.05, 0.1) is 6.26 Å². The lowest BCUT2D eigenvalue weighted by Crippen LogP contribution is -2.63. The fourth-order valence-electron chi connectivity index (χ4n) is 3.96. The molecule has 12 heteroatoms. The molecule has 1 N–H and O–H groups in total. The van der Waals surface area contributed by atoms with Crippen molar-refractivity contribution in [3.8, 4) is 0 Å². The summed E-state index contributed by atoms with van der Waals surface area (Å²) in [4.78, 5) is 17.3. The summed E-state index contributed by atoms with van der Waals surface area (Å²) in [5.41, 5.74) is 2.45. The maximum Gasteiger partial charge on any atom is 0.408 e. The molecule has 2 fully saturated rings. The van der Waals surface area contributed by atoms with E-state index in [9.17, 15) is 26.4 Å². The summed E-state index contributed by atoms with van der Waals surface area (Å²) < 4.78 is 70.4. The van der Waals surface area contributed by atoms with Crippen molar-refractivity contribution in [3.05, 3.63) is 30.2 Å². The van der Waals surface area contributed by atoms with E-state index in [4.69, 9.17) is 4.42 Å². The highest BCUT2D eigenvalue weighted by molar-refractivity contribution is 7.89. The van der Waals surface area contributed by atoms with Crippen molar-refractivity contribution in [1.82, 2.24) is 19.5 Å². The highest BCUT2D eigenvalue weighted by atomic mass is 32.2. The van der Waals surface area contributed by atoms with E-state index in [2.05, 4.69) is 4.98 Å². The van der Waals surface area contributed by atoms with Crippen LogP contribution in [0.4, 0.5) is 18.0 Å². The predicted molar refractivity (Wildman–Crippen MR) is 106 cm³/mol. The van der Waals surface area contributed by atoms with Gasteiger partial charge in [-0.1, -0.05) is 0 Å². The van der Waals surface area contributed by atoms with Crippen LogP contribution in [0.3, 0.4) is 0 Å². The summed E-state index contributed by atoms with van der Waals surface area (Å²) in [6, 6.07) is 0.716. The topological polar surface area (TPSA) is 95.8 Å². The number of hydrogen-bond acceptors (Lipinski definition) is 5. The minimum atomic E-state index is -4.55. The zero-order chi connectivity index (χ0) is 22.4. The molecule has 2 aromatic heterocycles. The maximum atomic E-state index is 12.9. The van der Waals surface area contributed by atoms with Gasteiger partial charge in [0.2, 0.25) is 10.0 Å². The van der Waals surface area contributed by atoms with Gasteiger partial charge in [-0.3, -0.25) is 4.98 Å². The second kappa shape index (κ2) is 7.97. The van der Waals surface area contributed by atoms with Gasteiger partial charge in [0.1, 0.15) is 16.8 Å². The predicted octanol–water partition coefficient (Wildman–Crippen LogP) is 2.68. The van der Waals surface area contributed by atoms with Gasteiger partial charge in [-0.25, -0.2) is 17.5 Å². The molecule has 0 unspecified atom stereocenters. The molecule has 8 nitrogen and oxygen atoms in total. The third-order valence-electron chi connectivity index (χ3n) is 6.00. The highest BCUT2D eigenvalue weighted by Gasteiger charge is 2.45. The Balaban J connectivity index is 1.31. The molecule has 0 radical (unpaired) electrons. The van der Waals surface area contributed by atoms with Gasteiger partial charge in [0.15, 0.2) is 5.58 Å². The Morgan fingerprint density at radius 2 is 1.97 bits per heavy atom. The molecule has 4 heterocycles.